The summed E-state index contributed by atoms with van der Waals surface area (Å²) in [5, 5.41) is -0.215. The molecular formula is C9H11ClFNO4S. The molecule has 0 atom stereocenters. The van der Waals surface area contributed by atoms with Crippen LogP contribution in [0.4, 0.5) is 4.39 Å². The van der Waals surface area contributed by atoms with Gasteiger partial charge in [0.1, 0.15) is 10.7 Å². The molecule has 0 aliphatic carbocycles. The lowest BCUT2D eigenvalue weighted by Gasteiger charge is -2.08. The number of benzene rings is 1. The van der Waals surface area contributed by atoms with Crippen molar-refractivity contribution < 1.29 is 22.4 Å². The Labute approximate surface area is 103 Å². The molecule has 0 saturated heterocycles. The van der Waals surface area contributed by atoms with Crippen LogP contribution in [0.2, 0.25) is 5.02 Å². The van der Waals surface area contributed by atoms with Crippen molar-refractivity contribution in [2.75, 3.05) is 20.3 Å². The van der Waals surface area contributed by atoms with E-state index in [1.807, 2.05) is 4.89 Å². The van der Waals surface area contributed by atoms with Gasteiger partial charge in [0.15, 0.2) is 0 Å². The molecule has 0 unspecified atom stereocenters. The number of rotatable bonds is 6. The van der Waals surface area contributed by atoms with Crippen LogP contribution in [0.5, 0.6) is 0 Å². The van der Waals surface area contributed by atoms with Gasteiger partial charge in [0.05, 0.1) is 18.2 Å². The molecule has 0 bridgehead atoms. The Hall–Kier alpha value is -0.730. The van der Waals surface area contributed by atoms with Crippen molar-refractivity contribution in [3.8, 4) is 0 Å². The van der Waals surface area contributed by atoms with Crippen LogP contribution in [0.1, 0.15) is 0 Å². The van der Waals surface area contributed by atoms with Crippen LogP contribution in [0.3, 0.4) is 0 Å². The van der Waals surface area contributed by atoms with Crippen molar-refractivity contribution in [3.05, 3.63) is 29.0 Å². The molecule has 0 radical (unpaired) electrons. The first-order valence-corrected chi connectivity index (χ1v) is 6.41. The Kier molecular flexibility index (Phi) is 5.29. The zero-order valence-corrected chi connectivity index (χ0v) is 10.5. The summed E-state index contributed by atoms with van der Waals surface area (Å²) >= 11 is 5.61. The molecule has 5 nitrogen and oxygen atoms in total. The van der Waals surface area contributed by atoms with Crippen LogP contribution in [0, 0.1) is 5.82 Å². The SMILES string of the molecule is COCCONS(=O)(=O)c1ccc(F)cc1Cl. The maximum absolute atomic E-state index is 12.7. The Morgan fingerprint density at radius 3 is 2.71 bits per heavy atom. The van der Waals surface area contributed by atoms with Gasteiger partial charge >= 0.3 is 0 Å². The standard InChI is InChI=1S/C9H11ClFNO4S/c1-15-4-5-16-12-17(13,14)9-3-2-7(11)6-8(9)10/h2-3,6,12H,4-5H2,1H3. The smallest absolute Gasteiger partial charge is 0.263 e. The van der Waals surface area contributed by atoms with Crippen molar-refractivity contribution >= 4 is 21.6 Å². The maximum atomic E-state index is 12.7. The summed E-state index contributed by atoms with van der Waals surface area (Å²) < 4.78 is 40.7. The van der Waals surface area contributed by atoms with Gasteiger partial charge in [-0.2, -0.15) is 0 Å². The molecule has 96 valence electrons. The van der Waals surface area contributed by atoms with E-state index in [0.717, 1.165) is 18.2 Å². The van der Waals surface area contributed by atoms with Gasteiger partial charge < -0.3 is 4.74 Å². The van der Waals surface area contributed by atoms with Crippen molar-refractivity contribution in [1.82, 2.24) is 4.89 Å². The predicted octanol–water partition coefficient (Wildman–Crippen LogP) is 1.34. The second kappa shape index (κ2) is 6.27. The maximum Gasteiger partial charge on any atom is 0.263 e. The van der Waals surface area contributed by atoms with E-state index in [2.05, 4.69) is 9.57 Å². The highest BCUT2D eigenvalue weighted by atomic mass is 35.5. The predicted molar refractivity (Wildman–Crippen MR) is 59.6 cm³/mol. The lowest BCUT2D eigenvalue weighted by Crippen LogP contribution is -2.26. The number of sulfonamides is 1. The summed E-state index contributed by atoms with van der Waals surface area (Å²) in [4.78, 5) is 6.27. The number of halogens is 2. The first kappa shape index (κ1) is 14.3. The molecule has 1 N–H and O–H groups in total. The van der Waals surface area contributed by atoms with Crippen LogP contribution in [-0.4, -0.2) is 28.7 Å². The molecule has 1 rings (SSSR count). The first-order chi connectivity index (χ1) is 7.97. The van der Waals surface area contributed by atoms with E-state index in [1.54, 1.807) is 0 Å². The van der Waals surface area contributed by atoms with Gasteiger partial charge in [-0.25, -0.2) is 12.8 Å². The number of hydrogen-bond donors (Lipinski definition) is 1. The average molecular weight is 284 g/mol. The number of hydrogen-bond acceptors (Lipinski definition) is 4. The molecule has 0 saturated carbocycles. The molecule has 0 aliphatic rings. The molecule has 1 aromatic carbocycles. The first-order valence-electron chi connectivity index (χ1n) is 4.55. The van der Waals surface area contributed by atoms with E-state index in [-0.39, 0.29) is 23.1 Å². The summed E-state index contributed by atoms with van der Waals surface area (Å²) in [7, 11) is -2.46. The Morgan fingerprint density at radius 2 is 2.12 bits per heavy atom. The summed E-state index contributed by atoms with van der Waals surface area (Å²) in [5.74, 6) is -0.616. The van der Waals surface area contributed by atoms with Gasteiger partial charge in [0, 0.05) is 7.11 Å². The van der Waals surface area contributed by atoms with Gasteiger partial charge in [-0.15, -0.1) is 0 Å². The summed E-state index contributed by atoms with van der Waals surface area (Å²) in [6.45, 7) is 0.286. The van der Waals surface area contributed by atoms with E-state index in [9.17, 15) is 12.8 Å². The summed E-state index contributed by atoms with van der Waals surface area (Å²) in [6.07, 6.45) is 0. The molecule has 17 heavy (non-hydrogen) atoms. The third-order valence-corrected chi connectivity index (χ3v) is 3.44. The third-order valence-electron chi connectivity index (χ3n) is 1.74. The Bertz CT molecular complexity index is 480. The van der Waals surface area contributed by atoms with Gasteiger partial charge in [-0.05, 0) is 18.2 Å². The minimum Gasteiger partial charge on any atom is -0.382 e. The highest BCUT2D eigenvalue weighted by Gasteiger charge is 2.18. The number of nitrogens with one attached hydrogen (secondary N) is 1. The van der Waals surface area contributed by atoms with Gasteiger partial charge in [-0.3, -0.25) is 4.84 Å². The molecule has 0 spiro atoms. The van der Waals surface area contributed by atoms with E-state index in [4.69, 9.17) is 11.6 Å². The van der Waals surface area contributed by atoms with E-state index < -0.39 is 15.8 Å². The van der Waals surface area contributed by atoms with Crippen molar-refractivity contribution in [2.24, 2.45) is 0 Å². The van der Waals surface area contributed by atoms with Gasteiger partial charge in [-0.1, -0.05) is 16.5 Å². The van der Waals surface area contributed by atoms with Crippen LogP contribution in [0.15, 0.2) is 23.1 Å². The van der Waals surface area contributed by atoms with Crippen molar-refractivity contribution in [3.63, 3.8) is 0 Å². The highest BCUT2D eigenvalue weighted by Crippen LogP contribution is 2.21. The van der Waals surface area contributed by atoms with Crippen molar-refractivity contribution in [1.29, 1.82) is 0 Å². The Balaban J connectivity index is 2.76. The summed E-state index contributed by atoms with van der Waals surface area (Å²) in [5.41, 5.74) is 0. The fourth-order valence-electron chi connectivity index (χ4n) is 0.982. The normalized spacial score (nSPS) is 11.7. The zero-order chi connectivity index (χ0) is 12.9. The third kappa shape index (κ3) is 4.21. The number of ether oxygens (including phenoxy) is 1. The van der Waals surface area contributed by atoms with Gasteiger partial charge in [0.2, 0.25) is 0 Å². The molecule has 1 aromatic rings. The van der Waals surface area contributed by atoms with Gasteiger partial charge in [0.25, 0.3) is 10.0 Å². The van der Waals surface area contributed by atoms with E-state index >= 15 is 0 Å². The average Bonchev–Trinajstić information content (AvgIpc) is 2.24. The zero-order valence-electron chi connectivity index (χ0n) is 8.94. The lowest BCUT2D eigenvalue weighted by atomic mass is 10.3. The van der Waals surface area contributed by atoms with Crippen LogP contribution < -0.4 is 4.89 Å². The van der Waals surface area contributed by atoms with E-state index in [1.165, 1.54) is 7.11 Å². The Morgan fingerprint density at radius 1 is 1.41 bits per heavy atom. The van der Waals surface area contributed by atoms with E-state index in [0.29, 0.717) is 0 Å². The molecule has 0 aliphatic heterocycles. The van der Waals surface area contributed by atoms with Crippen molar-refractivity contribution in [2.45, 2.75) is 4.90 Å². The fraction of sp³-hybridized carbons (Fsp3) is 0.333. The highest BCUT2D eigenvalue weighted by molar-refractivity contribution is 7.89. The molecule has 0 aromatic heterocycles. The molecular weight excluding hydrogens is 273 g/mol. The minimum absolute atomic E-state index is 0.0501. The van der Waals surface area contributed by atoms with Crippen LogP contribution in [0.25, 0.3) is 0 Å². The molecule has 0 amide bonds. The minimum atomic E-state index is -3.91. The van der Waals surface area contributed by atoms with Crippen LogP contribution in [-0.2, 0) is 19.6 Å². The molecule has 0 heterocycles. The monoisotopic (exact) mass is 283 g/mol. The van der Waals surface area contributed by atoms with Crippen LogP contribution >= 0.6 is 11.6 Å². The fourth-order valence-corrected chi connectivity index (χ4v) is 2.35. The largest absolute Gasteiger partial charge is 0.382 e. The second-order valence-electron chi connectivity index (χ2n) is 3.00. The molecule has 8 heteroatoms. The number of methoxy groups -OCH3 is 1. The molecule has 0 fully saturated rings. The second-order valence-corrected chi connectivity index (χ2v) is 5.02. The lowest BCUT2D eigenvalue weighted by molar-refractivity contribution is 0.0438. The summed E-state index contributed by atoms with van der Waals surface area (Å²) in [6, 6.07) is 2.96. The topological polar surface area (TPSA) is 64.6 Å². The quantitative estimate of drug-likeness (QED) is 0.632.